The number of hydrogen-bond donors (Lipinski definition) is 1. The van der Waals surface area contributed by atoms with E-state index in [9.17, 15) is 12.8 Å². The number of rotatable bonds is 2. The molecule has 1 saturated carbocycles. The Hall–Kier alpha value is -0.940. The number of sulfone groups is 1. The van der Waals surface area contributed by atoms with Gasteiger partial charge in [-0.25, -0.2) is 12.8 Å². The van der Waals surface area contributed by atoms with Crippen LogP contribution in [0, 0.1) is 5.82 Å². The van der Waals surface area contributed by atoms with Crippen LogP contribution in [0.25, 0.3) is 0 Å². The summed E-state index contributed by atoms with van der Waals surface area (Å²) in [5, 5.41) is 0. The molecule has 0 aromatic heterocycles. The first-order valence-electron chi connectivity index (χ1n) is 4.62. The summed E-state index contributed by atoms with van der Waals surface area (Å²) in [5.41, 5.74) is 6.12. The molecule has 2 rings (SSSR count). The molecule has 1 aliphatic rings. The largest absolute Gasteiger partial charge is 0.321 e. The van der Waals surface area contributed by atoms with Crippen molar-refractivity contribution < 1.29 is 12.8 Å². The Balaban J connectivity index is 2.49. The molecule has 0 atom stereocenters. The van der Waals surface area contributed by atoms with Crippen molar-refractivity contribution >= 4 is 9.84 Å². The van der Waals surface area contributed by atoms with Crippen molar-refractivity contribution in [1.82, 2.24) is 0 Å². The maximum Gasteiger partial charge on any atom is 0.178 e. The molecule has 0 saturated heterocycles. The maximum absolute atomic E-state index is 13.5. The average Bonchev–Trinajstić information content (AvgIpc) is 2.82. The molecule has 3 nitrogen and oxygen atoms in total. The second kappa shape index (κ2) is 3.02. The Labute approximate surface area is 88.0 Å². The van der Waals surface area contributed by atoms with E-state index in [0.29, 0.717) is 5.56 Å². The second-order valence-corrected chi connectivity index (χ2v) is 6.06. The predicted molar refractivity (Wildman–Crippen MR) is 54.6 cm³/mol. The number of halogens is 1. The first kappa shape index (κ1) is 10.6. The Bertz CT molecular complexity index is 506. The molecule has 82 valence electrons. The highest BCUT2D eigenvalue weighted by molar-refractivity contribution is 7.90. The third-order valence-corrected chi connectivity index (χ3v) is 3.82. The van der Waals surface area contributed by atoms with Crippen LogP contribution in [0.2, 0.25) is 0 Å². The van der Waals surface area contributed by atoms with Gasteiger partial charge in [0, 0.05) is 11.8 Å². The van der Waals surface area contributed by atoms with Crippen molar-refractivity contribution in [3.63, 3.8) is 0 Å². The van der Waals surface area contributed by atoms with E-state index in [4.69, 9.17) is 5.73 Å². The molecule has 15 heavy (non-hydrogen) atoms. The van der Waals surface area contributed by atoms with E-state index in [1.165, 1.54) is 12.1 Å². The smallest absolute Gasteiger partial charge is 0.178 e. The van der Waals surface area contributed by atoms with Crippen LogP contribution in [0.5, 0.6) is 0 Å². The molecule has 0 heterocycles. The highest BCUT2D eigenvalue weighted by Gasteiger charge is 2.40. The molecule has 1 aromatic carbocycles. The molecule has 0 aliphatic heterocycles. The summed E-state index contributed by atoms with van der Waals surface area (Å²) in [6, 6.07) is 4.10. The van der Waals surface area contributed by atoms with Crippen molar-refractivity contribution in [2.75, 3.05) is 6.26 Å². The van der Waals surface area contributed by atoms with E-state index >= 15 is 0 Å². The van der Waals surface area contributed by atoms with Crippen LogP contribution in [-0.4, -0.2) is 14.7 Å². The van der Waals surface area contributed by atoms with Gasteiger partial charge in [-0.3, -0.25) is 0 Å². The molecule has 0 radical (unpaired) electrons. The van der Waals surface area contributed by atoms with Gasteiger partial charge in [0.15, 0.2) is 9.84 Å². The van der Waals surface area contributed by atoms with Crippen LogP contribution in [-0.2, 0) is 15.4 Å². The number of hydrogen-bond acceptors (Lipinski definition) is 3. The molecular formula is C10H12FNO2S. The Kier molecular flexibility index (Phi) is 2.13. The average molecular weight is 229 g/mol. The standard InChI is InChI=1S/C10H12FNO2S/c1-15(13,14)9-3-2-7(6-8(9)11)10(12)4-5-10/h2-3,6H,4-5,12H2,1H3. The third kappa shape index (κ3) is 1.89. The van der Waals surface area contributed by atoms with Crippen LogP contribution in [0.4, 0.5) is 4.39 Å². The van der Waals surface area contributed by atoms with Crippen LogP contribution in [0.1, 0.15) is 18.4 Å². The SMILES string of the molecule is CS(=O)(=O)c1ccc(C2(N)CC2)cc1F. The lowest BCUT2D eigenvalue weighted by Gasteiger charge is -2.10. The lowest BCUT2D eigenvalue weighted by atomic mass is 10.1. The highest BCUT2D eigenvalue weighted by Crippen LogP contribution is 2.43. The van der Waals surface area contributed by atoms with E-state index in [-0.39, 0.29) is 4.90 Å². The molecule has 1 aromatic rings. The minimum absolute atomic E-state index is 0.268. The van der Waals surface area contributed by atoms with Crippen molar-refractivity contribution in [3.05, 3.63) is 29.6 Å². The van der Waals surface area contributed by atoms with Gasteiger partial charge < -0.3 is 5.73 Å². The minimum atomic E-state index is -3.49. The fourth-order valence-corrected chi connectivity index (χ4v) is 2.26. The van der Waals surface area contributed by atoms with Gasteiger partial charge >= 0.3 is 0 Å². The molecular weight excluding hydrogens is 217 g/mol. The van der Waals surface area contributed by atoms with Gasteiger partial charge in [-0.1, -0.05) is 6.07 Å². The zero-order valence-electron chi connectivity index (χ0n) is 8.33. The third-order valence-electron chi connectivity index (χ3n) is 2.69. The molecule has 0 spiro atoms. The Morgan fingerprint density at radius 3 is 2.40 bits per heavy atom. The van der Waals surface area contributed by atoms with E-state index in [2.05, 4.69) is 0 Å². The van der Waals surface area contributed by atoms with Gasteiger partial charge in [0.05, 0.1) is 0 Å². The molecule has 5 heteroatoms. The molecule has 2 N–H and O–H groups in total. The van der Waals surface area contributed by atoms with Crippen LogP contribution in [0.15, 0.2) is 23.1 Å². The van der Waals surface area contributed by atoms with Gasteiger partial charge in [0.25, 0.3) is 0 Å². The highest BCUT2D eigenvalue weighted by atomic mass is 32.2. The topological polar surface area (TPSA) is 60.2 Å². The van der Waals surface area contributed by atoms with Gasteiger partial charge in [-0.05, 0) is 30.5 Å². The minimum Gasteiger partial charge on any atom is -0.321 e. The Morgan fingerprint density at radius 1 is 1.40 bits per heavy atom. The van der Waals surface area contributed by atoms with Crippen molar-refractivity contribution in [1.29, 1.82) is 0 Å². The van der Waals surface area contributed by atoms with E-state index in [0.717, 1.165) is 19.1 Å². The number of benzene rings is 1. The van der Waals surface area contributed by atoms with E-state index in [1.54, 1.807) is 6.07 Å². The van der Waals surface area contributed by atoms with Crippen LogP contribution >= 0.6 is 0 Å². The molecule has 1 aliphatic carbocycles. The van der Waals surface area contributed by atoms with Crippen molar-refractivity contribution in [3.8, 4) is 0 Å². The quantitative estimate of drug-likeness (QED) is 0.828. The van der Waals surface area contributed by atoms with E-state index < -0.39 is 21.2 Å². The summed E-state index contributed by atoms with van der Waals surface area (Å²) in [4.78, 5) is -0.268. The Morgan fingerprint density at radius 2 is 2.00 bits per heavy atom. The lowest BCUT2D eigenvalue weighted by Crippen LogP contribution is -2.19. The molecule has 0 bridgehead atoms. The number of nitrogens with two attached hydrogens (primary N) is 1. The van der Waals surface area contributed by atoms with Gasteiger partial charge in [0.1, 0.15) is 10.7 Å². The summed E-state index contributed by atoms with van der Waals surface area (Å²) in [7, 11) is -3.49. The summed E-state index contributed by atoms with van der Waals surface area (Å²) in [5.74, 6) is -0.716. The predicted octanol–water partition coefficient (Wildman–Crippen LogP) is 1.18. The van der Waals surface area contributed by atoms with Crippen molar-refractivity contribution in [2.45, 2.75) is 23.3 Å². The fraction of sp³-hybridized carbons (Fsp3) is 0.400. The fourth-order valence-electron chi connectivity index (χ4n) is 1.53. The van der Waals surface area contributed by atoms with Gasteiger partial charge in [-0.2, -0.15) is 0 Å². The van der Waals surface area contributed by atoms with Crippen LogP contribution < -0.4 is 5.73 Å². The second-order valence-electron chi connectivity index (χ2n) is 4.07. The van der Waals surface area contributed by atoms with Gasteiger partial charge in [-0.15, -0.1) is 0 Å². The summed E-state index contributed by atoms with van der Waals surface area (Å²) >= 11 is 0. The summed E-state index contributed by atoms with van der Waals surface area (Å²) in [6.45, 7) is 0. The monoisotopic (exact) mass is 229 g/mol. The molecule has 0 amide bonds. The first-order chi connectivity index (χ1) is 6.83. The summed E-state index contributed by atoms with van der Waals surface area (Å²) < 4.78 is 35.8. The summed E-state index contributed by atoms with van der Waals surface area (Å²) in [6.07, 6.45) is 2.63. The van der Waals surface area contributed by atoms with E-state index in [1.807, 2.05) is 0 Å². The van der Waals surface area contributed by atoms with Gasteiger partial charge in [0.2, 0.25) is 0 Å². The van der Waals surface area contributed by atoms with Crippen LogP contribution in [0.3, 0.4) is 0 Å². The normalized spacial score (nSPS) is 18.9. The first-order valence-corrected chi connectivity index (χ1v) is 6.51. The zero-order chi connectivity index (χ0) is 11.3. The lowest BCUT2D eigenvalue weighted by molar-refractivity contribution is 0.566. The maximum atomic E-state index is 13.5. The molecule has 0 unspecified atom stereocenters. The van der Waals surface area contributed by atoms with Crippen molar-refractivity contribution in [2.24, 2.45) is 5.73 Å². The zero-order valence-corrected chi connectivity index (χ0v) is 9.14. The molecule has 1 fully saturated rings.